The van der Waals surface area contributed by atoms with E-state index in [1.807, 2.05) is 30.3 Å². The van der Waals surface area contributed by atoms with E-state index in [4.69, 9.17) is 21.1 Å². The van der Waals surface area contributed by atoms with Crippen molar-refractivity contribution in [3.05, 3.63) is 54.6 Å². The van der Waals surface area contributed by atoms with Gasteiger partial charge in [-0.15, -0.1) is 11.6 Å². The van der Waals surface area contributed by atoms with Crippen LogP contribution in [0.2, 0.25) is 0 Å². The third-order valence-electron chi connectivity index (χ3n) is 2.14. The van der Waals surface area contributed by atoms with Gasteiger partial charge >= 0.3 is 5.97 Å². The molecule has 3 nitrogen and oxygen atoms in total. The lowest BCUT2D eigenvalue weighted by atomic mass is 10.3. The van der Waals surface area contributed by atoms with Crippen LogP contribution in [0.4, 0.5) is 0 Å². The third kappa shape index (κ3) is 3.50. The molecule has 0 saturated heterocycles. The summed E-state index contributed by atoms with van der Waals surface area (Å²) in [5.74, 6) is 1.23. The molecule has 0 fully saturated rings. The lowest BCUT2D eigenvalue weighted by Gasteiger charge is -2.06. The van der Waals surface area contributed by atoms with Crippen molar-refractivity contribution in [2.75, 3.05) is 5.88 Å². The first kappa shape index (κ1) is 12.5. The Bertz CT molecular complexity index is 508. The summed E-state index contributed by atoms with van der Waals surface area (Å²) in [6.07, 6.45) is 0. The van der Waals surface area contributed by atoms with Gasteiger partial charge in [0.2, 0.25) is 0 Å². The molecule has 0 aliphatic heterocycles. The van der Waals surface area contributed by atoms with Gasteiger partial charge in [-0.05, 0) is 36.4 Å². The summed E-state index contributed by atoms with van der Waals surface area (Å²) >= 11 is 5.34. The highest BCUT2D eigenvalue weighted by atomic mass is 35.5. The average Bonchev–Trinajstić information content (AvgIpc) is 2.42. The molecule has 0 atom stereocenters. The summed E-state index contributed by atoms with van der Waals surface area (Å²) in [5, 5.41) is 0. The van der Waals surface area contributed by atoms with Gasteiger partial charge in [-0.3, -0.25) is 4.79 Å². The van der Waals surface area contributed by atoms with E-state index >= 15 is 0 Å². The molecule has 0 heterocycles. The largest absolute Gasteiger partial charge is 0.457 e. The zero-order valence-electron chi connectivity index (χ0n) is 9.51. The second kappa shape index (κ2) is 6.07. The molecule has 18 heavy (non-hydrogen) atoms. The molecular weight excluding hydrogens is 252 g/mol. The van der Waals surface area contributed by atoms with Crippen LogP contribution in [0.5, 0.6) is 17.2 Å². The second-order valence-corrected chi connectivity index (χ2v) is 3.76. The fourth-order valence-electron chi connectivity index (χ4n) is 1.36. The molecule has 2 rings (SSSR count). The van der Waals surface area contributed by atoms with Crippen molar-refractivity contribution in [1.82, 2.24) is 0 Å². The molecule has 0 aliphatic carbocycles. The number of benzene rings is 2. The van der Waals surface area contributed by atoms with Gasteiger partial charge in [-0.1, -0.05) is 18.2 Å². The average molecular weight is 263 g/mol. The lowest BCUT2D eigenvalue weighted by molar-refractivity contribution is -0.131. The Morgan fingerprint density at radius 2 is 1.44 bits per heavy atom. The fourth-order valence-corrected chi connectivity index (χ4v) is 1.41. The standard InChI is InChI=1S/C14H11ClO3/c15-10-14(16)18-13-8-6-12(7-9-13)17-11-4-2-1-3-5-11/h1-9H,10H2. The molecule has 0 aromatic heterocycles. The molecule has 0 saturated carbocycles. The number of carbonyl (C=O) groups excluding carboxylic acids is 1. The highest BCUT2D eigenvalue weighted by Crippen LogP contribution is 2.23. The van der Waals surface area contributed by atoms with Crippen LogP contribution in [-0.4, -0.2) is 11.8 Å². The first-order valence-electron chi connectivity index (χ1n) is 5.37. The van der Waals surface area contributed by atoms with Gasteiger partial charge in [0.05, 0.1) is 0 Å². The van der Waals surface area contributed by atoms with E-state index in [0.29, 0.717) is 11.5 Å². The summed E-state index contributed by atoms with van der Waals surface area (Å²) in [7, 11) is 0. The van der Waals surface area contributed by atoms with E-state index in [1.54, 1.807) is 24.3 Å². The van der Waals surface area contributed by atoms with Crippen molar-refractivity contribution in [2.24, 2.45) is 0 Å². The molecule has 0 spiro atoms. The monoisotopic (exact) mass is 262 g/mol. The smallest absolute Gasteiger partial charge is 0.326 e. The van der Waals surface area contributed by atoms with Crippen LogP contribution >= 0.6 is 11.6 Å². The topological polar surface area (TPSA) is 35.5 Å². The van der Waals surface area contributed by atoms with Crippen molar-refractivity contribution in [2.45, 2.75) is 0 Å². The molecule has 2 aromatic carbocycles. The van der Waals surface area contributed by atoms with E-state index in [-0.39, 0.29) is 5.88 Å². The number of hydrogen-bond donors (Lipinski definition) is 0. The Labute approximate surface area is 110 Å². The molecule has 0 bridgehead atoms. The van der Waals surface area contributed by atoms with Crippen LogP contribution in [0.1, 0.15) is 0 Å². The summed E-state index contributed by atoms with van der Waals surface area (Å²) < 4.78 is 10.5. The van der Waals surface area contributed by atoms with Crippen LogP contribution in [-0.2, 0) is 4.79 Å². The normalized spacial score (nSPS) is 9.83. The Morgan fingerprint density at radius 1 is 0.889 bits per heavy atom. The van der Waals surface area contributed by atoms with Gasteiger partial charge in [0.25, 0.3) is 0 Å². The lowest BCUT2D eigenvalue weighted by Crippen LogP contribution is -2.08. The number of esters is 1. The van der Waals surface area contributed by atoms with E-state index in [9.17, 15) is 4.79 Å². The van der Waals surface area contributed by atoms with Crippen LogP contribution < -0.4 is 9.47 Å². The first-order valence-corrected chi connectivity index (χ1v) is 5.91. The molecule has 0 N–H and O–H groups in total. The maximum absolute atomic E-state index is 11.0. The van der Waals surface area contributed by atoms with Crippen molar-refractivity contribution >= 4 is 17.6 Å². The predicted octanol–water partition coefficient (Wildman–Crippen LogP) is 3.62. The highest BCUT2D eigenvalue weighted by Gasteiger charge is 2.03. The second-order valence-electron chi connectivity index (χ2n) is 3.49. The summed E-state index contributed by atoms with van der Waals surface area (Å²) in [6.45, 7) is 0. The summed E-state index contributed by atoms with van der Waals surface area (Å²) in [6, 6.07) is 16.2. The van der Waals surface area contributed by atoms with Gasteiger partial charge in [0, 0.05) is 0 Å². The molecule has 2 aromatic rings. The molecular formula is C14H11ClO3. The molecule has 0 unspecified atom stereocenters. The maximum Gasteiger partial charge on any atom is 0.326 e. The number of alkyl halides is 1. The van der Waals surface area contributed by atoms with Gasteiger partial charge < -0.3 is 9.47 Å². The van der Waals surface area contributed by atoms with Gasteiger partial charge in [-0.25, -0.2) is 0 Å². The molecule has 0 amide bonds. The Morgan fingerprint density at radius 3 is 2.06 bits per heavy atom. The minimum Gasteiger partial charge on any atom is -0.457 e. The predicted molar refractivity (Wildman–Crippen MR) is 69.3 cm³/mol. The quantitative estimate of drug-likeness (QED) is 0.480. The number of halogens is 1. The maximum atomic E-state index is 11.0. The van der Waals surface area contributed by atoms with Crippen LogP contribution in [0.3, 0.4) is 0 Å². The fraction of sp³-hybridized carbons (Fsp3) is 0.0714. The van der Waals surface area contributed by atoms with Gasteiger partial charge in [0.15, 0.2) is 0 Å². The molecule has 4 heteroatoms. The van der Waals surface area contributed by atoms with E-state index in [0.717, 1.165) is 5.75 Å². The SMILES string of the molecule is O=C(CCl)Oc1ccc(Oc2ccccc2)cc1. The first-order chi connectivity index (χ1) is 8.78. The van der Waals surface area contributed by atoms with E-state index in [2.05, 4.69) is 0 Å². The Hall–Kier alpha value is -2.00. The van der Waals surface area contributed by atoms with Crippen molar-refractivity contribution in [3.63, 3.8) is 0 Å². The Kier molecular flexibility index (Phi) is 4.20. The molecule has 92 valence electrons. The molecule has 0 aliphatic rings. The van der Waals surface area contributed by atoms with Crippen molar-refractivity contribution in [1.29, 1.82) is 0 Å². The summed E-state index contributed by atoms with van der Waals surface area (Å²) in [4.78, 5) is 11.0. The number of hydrogen-bond acceptors (Lipinski definition) is 3. The minimum absolute atomic E-state index is 0.164. The number of rotatable bonds is 4. The van der Waals surface area contributed by atoms with Gasteiger partial charge in [0.1, 0.15) is 23.1 Å². The number of carbonyl (C=O) groups is 1. The summed E-state index contributed by atoms with van der Waals surface area (Å²) in [5.41, 5.74) is 0. The zero-order chi connectivity index (χ0) is 12.8. The third-order valence-corrected chi connectivity index (χ3v) is 2.36. The van der Waals surface area contributed by atoms with Crippen molar-refractivity contribution in [3.8, 4) is 17.2 Å². The van der Waals surface area contributed by atoms with Gasteiger partial charge in [-0.2, -0.15) is 0 Å². The van der Waals surface area contributed by atoms with E-state index < -0.39 is 5.97 Å². The highest BCUT2D eigenvalue weighted by molar-refractivity contribution is 6.26. The zero-order valence-corrected chi connectivity index (χ0v) is 10.3. The van der Waals surface area contributed by atoms with E-state index in [1.165, 1.54) is 0 Å². The van der Waals surface area contributed by atoms with Crippen LogP contribution in [0.25, 0.3) is 0 Å². The number of para-hydroxylation sites is 1. The number of ether oxygens (including phenoxy) is 2. The van der Waals surface area contributed by atoms with Crippen molar-refractivity contribution < 1.29 is 14.3 Å². The van der Waals surface area contributed by atoms with Crippen LogP contribution in [0.15, 0.2) is 54.6 Å². The Balaban J connectivity index is 2.02. The molecule has 0 radical (unpaired) electrons. The van der Waals surface area contributed by atoms with Crippen LogP contribution in [0, 0.1) is 0 Å². The minimum atomic E-state index is -0.478.